The van der Waals surface area contributed by atoms with Crippen LogP contribution in [0.2, 0.25) is 0 Å². The molecule has 1 nitrogen and oxygen atoms in total. The normalized spacial score (nSPS) is 11.5. The van der Waals surface area contributed by atoms with Crippen LogP contribution in [0.1, 0.15) is 0 Å². The van der Waals surface area contributed by atoms with Crippen molar-refractivity contribution in [1.29, 1.82) is 0 Å². The zero-order chi connectivity index (χ0) is 37.7. The Kier molecular flexibility index (Phi) is 7.89. The summed E-state index contributed by atoms with van der Waals surface area (Å²) in [5.41, 5.74) is 13.3. The molecule has 1 aromatic heterocycles. The lowest BCUT2D eigenvalue weighted by atomic mass is 9.83. The molecule has 0 aliphatic rings. The lowest BCUT2D eigenvalue weighted by Crippen LogP contribution is -1.99. The summed E-state index contributed by atoms with van der Waals surface area (Å²) in [4.78, 5) is 0. The zero-order valence-corrected chi connectivity index (χ0v) is 31.3. The molecule has 1 heterocycles. The number of hydrogen-bond acceptors (Lipinski definition) is 0. The van der Waals surface area contributed by atoms with Crippen LogP contribution in [0.25, 0.3) is 105 Å². The molecule has 10 aromatic carbocycles. The first-order valence-corrected chi connectivity index (χ1v) is 19.7. The maximum absolute atomic E-state index is 2.43. The van der Waals surface area contributed by atoms with E-state index in [1.807, 2.05) is 0 Å². The van der Waals surface area contributed by atoms with Crippen LogP contribution in [0.5, 0.6) is 0 Å². The highest BCUT2D eigenvalue weighted by molar-refractivity contribution is 6.25. The van der Waals surface area contributed by atoms with E-state index in [2.05, 4.69) is 229 Å². The second-order valence-electron chi connectivity index (χ2n) is 14.8. The summed E-state index contributed by atoms with van der Waals surface area (Å²) in [7, 11) is 0. The molecule has 0 spiro atoms. The minimum absolute atomic E-state index is 1.13. The molecule has 0 bridgehead atoms. The molecule has 0 N–H and O–H groups in total. The quantitative estimate of drug-likeness (QED) is 0.151. The fourth-order valence-corrected chi connectivity index (χ4v) is 9.01. The first-order valence-electron chi connectivity index (χ1n) is 19.7. The molecule has 57 heavy (non-hydrogen) atoms. The van der Waals surface area contributed by atoms with Crippen LogP contribution < -0.4 is 0 Å². The molecule has 0 saturated carbocycles. The van der Waals surface area contributed by atoms with Crippen LogP contribution in [0.15, 0.2) is 224 Å². The minimum atomic E-state index is 1.13. The molecule has 0 amide bonds. The topological polar surface area (TPSA) is 4.93 Å². The van der Waals surface area contributed by atoms with E-state index in [-0.39, 0.29) is 0 Å². The van der Waals surface area contributed by atoms with E-state index >= 15 is 0 Å². The Bertz CT molecular complexity index is 3190. The highest BCUT2D eigenvalue weighted by atomic mass is 15.0. The van der Waals surface area contributed by atoms with E-state index in [1.54, 1.807) is 0 Å². The van der Waals surface area contributed by atoms with Gasteiger partial charge in [-0.2, -0.15) is 0 Å². The van der Waals surface area contributed by atoms with E-state index in [0.717, 1.165) is 5.69 Å². The standard InChI is InChI=1S/C56H37N/c1-3-17-41(18-4-1)53-35-36-54(42-19-5-2-6-20-42)57(53)44-32-29-38(30-33-44)43-31-34-51-52(37-43)56(48-28-14-22-40-16-8-10-24-46(40)48)50-26-12-11-25-49(50)55(51)47-27-13-21-39-15-7-9-23-45(39)47/h1-37H. The number of benzene rings is 10. The lowest BCUT2D eigenvalue weighted by molar-refractivity contribution is 1.10. The fourth-order valence-electron chi connectivity index (χ4n) is 9.01. The van der Waals surface area contributed by atoms with Gasteiger partial charge in [-0.25, -0.2) is 0 Å². The SMILES string of the molecule is c1ccc(-c2ccc(-c3ccccc3)n2-c2ccc(-c3ccc4c(-c5cccc6ccccc56)c5ccccc5c(-c5cccc6ccccc56)c4c3)cc2)cc1. The van der Waals surface area contributed by atoms with Gasteiger partial charge in [0.15, 0.2) is 0 Å². The fraction of sp³-hybridized carbons (Fsp3) is 0. The minimum Gasteiger partial charge on any atom is -0.309 e. The Balaban J connectivity index is 1.15. The Hall–Kier alpha value is -7.48. The van der Waals surface area contributed by atoms with Crippen LogP contribution >= 0.6 is 0 Å². The third-order valence-corrected chi connectivity index (χ3v) is 11.6. The van der Waals surface area contributed by atoms with Gasteiger partial charge in [-0.1, -0.05) is 194 Å². The molecule has 0 aliphatic heterocycles. The molecule has 0 fully saturated rings. The van der Waals surface area contributed by atoms with Gasteiger partial charge in [0.1, 0.15) is 0 Å². The van der Waals surface area contributed by atoms with E-state index in [0.29, 0.717) is 0 Å². The molecule has 0 radical (unpaired) electrons. The van der Waals surface area contributed by atoms with Crippen LogP contribution in [0.3, 0.4) is 0 Å². The second-order valence-corrected chi connectivity index (χ2v) is 14.8. The molecule has 11 rings (SSSR count). The van der Waals surface area contributed by atoms with Gasteiger partial charge in [-0.15, -0.1) is 0 Å². The van der Waals surface area contributed by atoms with Crippen molar-refractivity contribution in [2.24, 2.45) is 0 Å². The third-order valence-electron chi connectivity index (χ3n) is 11.6. The number of hydrogen-bond donors (Lipinski definition) is 0. The van der Waals surface area contributed by atoms with Gasteiger partial charge >= 0.3 is 0 Å². The molecule has 0 aliphatic carbocycles. The predicted molar refractivity (Wildman–Crippen MR) is 243 cm³/mol. The van der Waals surface area contributed by atoms with Gasteiger partial charge in [0, 0.05) is 5.69 Å². The molecular formula is C56H37N. The first-order chi connectivity index (χ1) is 28.3. The number of fused-ring (bicyclic) bond motifs is 4. The highest BCUT2D eigenvalue weighted by Gasteiger charge is 2.20. The number of rotatable bonds is 6. The molecule has 0 saturated heterocycles. The molecule has 0 atom stereocenters. The van der Waals surface area contributed by atoms with E-state index < -0.39 is 0 Å². The second kappa shape index (κ2) is 13.7. The molecule has 0 unspecified atom stereocenters. The third kappa shape index (κ3) is 5.55. The maximum atomic E-state index is 2.43. The van der Waals surface area contributed by atoms with Gasteiger partial charge in [0.25, 0.3) is 0 Å². The zero-order valence-electron chi connectivity index (χ0n) is 31.3. The lowest BCUT2D eigenvalue weighted by Gasteiger charge is -2.20. The molecule has 266 valence electrons. The summed E-state index contributed by atoms with van der Waals surface area (Å²) in [5, 5.41) is 10.0. The molecule has 1 heteroatoms. The smallest absolute Gasteiger partial charge is 0.0535 e. The van der Waals surface area contributed by atoms with Crippen molar-refractivity contribution in [3.63, 3.8) is 0 Å². The Labute approximate surface area is 332 Å². The molecule has 11 aromatic rings. The largest absolute Gasteiger partial charge is 0.309 e. The summed E-state index contributed by atoms with van der Waals surface area (Å²) in [6.07, 6.45) is 0. The van der Waals surface area contributed by atoms with E-state index in [1.165, 1.54) is 99.0 Å². The Morgan fingerprint density at radius 1 is 0.246 bits per heavy atom. The van der Waals surface area contributed by atoms with Crippen molar-refractivity contribution < 1.29 is 0 Å². The van der Waals surface area contributed by atoms with Gasteiger partial charge in [0.05, 0.1) is 11.4 Å². The first kappa shape index (κ1) is 32.9. The summed E-state index contributed by atoms with van der Waals surface area (Å²) in [6, 6.07) is 82.0. The van der Waals surface area contributed by atoms with E-state index in [4.69, 9.17) is 0 Å². The average molecular weight is 724 g/mol. The van der Waals surface area contributed by atoms with Gasteiger partial charge in [-0.3, -0.25) is 0 Å². The Morgan fingerprint density at radius 3 is 1.21 bits per heavy atom. The van der Waals surface area contributed by atoms with Gasteiger partial charge < -0.3 is 4.57 Å². The van der Waals surface area contributed by atoms with Crippen LogP contribution in [-0.4, -0.2) is 4.57 Å². The highest BCUT2D eigenvalue weighted by Crippen LogP contribution is 2.47. The summed E-state index contributed by atoms with van der Waals surface area (Å²) < 4.78 is 2.38. The molecular weight excluding hydrogens is 687 g/mol. The van der Waals surface area contributed by atoms with Crippen LogP contribution in [0, 0.1) is 0 Å². The number of nitrogens with zero attached hydrogens (tertiary/aromatic N) is 1. The summed E-state index contributed by atoms with van der Waals surface area (Å²) in [6.45, 7) is 0. The Morgan fingerprint density at radius 2 is 0.667 bits per heavy atom. The van der Waals surface area contributed by atoms with E-state index in [9.17, 15) is 0 Å². The van der Waals surface area contributed by atoms with Crippen molar-refractivity contribution in [1.82, 2.24) is 4.57 Å². The summed E-state index contributed by atoms with van der Waals surface area (Å²) >= 11 is 0. The number of aromatic nitrogens is 1. The van der Waals surface area contributed by atoms with Crippen LogP contribution in [0.4, 0.5) is 0 Å². The monoisotopic (exact) mass is 723 g/mol. The van der Waals surface area contributed by atoms with Crippen molar-refractivity contribution in [3.8, 4) is 61.6 Å². The van der Waals surface area contributed by atoms with Gasteiger partial charge in [-0.05, 0) is 118 Å². The van der Waals surface area contributed by atoms with Crippen molar-refractivity contribution >= 4 is 43.1 Å². The van der Waals surface area contributed by atoms with Crippen molar-refractivity contribution in [2.75, 3.05) is 0 Å². The maximum Gasteiger partial charge on any atom is 0.0535 e. The average Bonchev–Trinajstić information content (AvgIpc) is 3.74. The van der Waals surface area contributed by atoms with Crippen molar-refractivity contribution in [2.45, 2.75) is 0 Å². The van der Waals surface area contributed by atoms with Crippen LogP contribution in [-0.2, 0) is 0 Å². The summed E-state index contributed by atoms with van der Waals surface area (Å²) in [5.74, 6) is 0. The predicted octanol–water partition coefficient (Wildman–Crippen LogP) is 15.4. The van der Waals surface area contributed by atoms with Crippen molar-refractivity contribution in [3.05, 3.63) is 224 Å². The van der Waals surface area contributed by atoms with Gasteiger partial charge in [0.2, 0.25) is 0 Å².